The SMILES string of the molecule is CCOC(=O)C1=C(CSc2nnc(-c3cccs3)n2CC)NC(=O)NC1c1ccco1. The van der Waals surface area contributed by atoms with E-state index in [2.05, 4.69) is 20.8 Å². The smallest absolute Gasteiger partial charge is 0.338 e. The van der Waals surface area contributed by atoms with Crippen LogP contribution in [-0.4, -0.2) is 39.1 Å². The molecule has 0 aliphatic carbocycles. The molecular formula is C20H21N5O4S2. The van der Waals surface area contributed by atoms with Crippen molar-refractivity contribution in [3.8, 4) is 10.7 Å². The summed E-state index contributed by atoms with van der Waals surface area (Å²) in [5.41, 5.74) is 0.766. The standard InChI is InChI=1S/C20H21N5O4S2/c1-3-25-17(14-8-6-10-30-14)23-24-20(25)31-11-12-15(18(26)28-4-2)16(22-19(27)21-12)13-7-5-9-29-13/h5-10,16H,3-4,11H2,1-2H3,(H2,21,22,27). The van der Waals surface area contributed by atoms with Crippen LogP contribution in [0.5, 0.6) is 0 Å². The quantitative estimate of drug-likeness (QED) is 0.391. The lowest BCUT2D eigenvalue weighted by Gasteiger charge is -2.27. The molecule has 0 radical (unpaired) electrons. The number of nitrogens with zero attached hydrogens (tertiary/aromatic N) is 3. The largest absolute Gasteiger partial charge is 0.467 e. The van der Waals surface area contributed by atoms with Crippen molar-refractivity contribution in [2.24, 2.45) is 0 Å². The third-order valence-electron chi connectivity index (χ3n) is 4.60. The first-order valence-corrected chi connectivity index (χ1v) is 11.6. The Bertz CT molecular complexity index is 1090. The Morgan fingerprint density at radius 1 is 1.32 bits per heavy atom. The average Bonchev–Trinajstić information content (AvgIpc) is 3.53. The van der Waals surface area contributed by atoms with Gasteiger partial charge >= 0.3 is 12.0 Å². The first-order valence-electron chi connectivity index (χ1n) is 9.73. The van der Waals surface area contributed by atoms with Crippen LogP contribution in [0.2, 0.25) is 0 Å². The van der Waals surface area contributed by atoms with Crippen LogP contribution in [0.3, 0.4) is 0 Å². The molecule has 1 aliphatic heterocycles. The summed E-state index contributed by atoms with van der Waals surface area (Å²) in [5.74, 6) is 1.05. The Morgan fingerprint density at radius 3 is 2.87 bits per heavy atom. The number of hydrogen-bond acceptors (Lipinski definition) is 8. The number of carbonyl (C=O) groups excluding carboxylic acids is 2. The lowest BCUT2D eigenvalue weighted by Crippen LogP contribution is -2.46. The van der Waals surface area contributed by atoms with Crippen LogP contribution < -0.4 is 10.6 Å². The molecule has 1 atom stereocenters. The van der Waals surface area contributed by atoms with Gasteiger partial charge in [0.2, 0.25) is 0 Å². The van der Waals surface area contributed by atoms with E-state index >= 15 is 0 Å². The number of hydrogen-bond donors (Lipinski definition) is 2. The molecule has 2 amide bonds. The maximum absolute atomic E-state index is 12.8. The van der Waals surface area contributed by atoms with Gasteiger partial charge in [-0.05, 0) is 37.4 Å². The Morgan fingerprint density at radius 2 is 2.19 bits per heavy atom. The highest BCUT2D eigenvalue weighted by atomic mass is 32.2. The van der Waals surface area contributed by atoms with Crippen LogP contribution in [0.15, 0.2) is 56.8 Å². The van der Waals surface area contributed by atoms with E-state index in [9.17, 15) is 9.59 Å². The average molecular weight is 460 g/mol. The molecular weight excluding hydrogens is 438 g/mol. The second kappa shape index (κ2) is 9.40. The molecule has 162 valence electrons. The lowest BCUT2D eigenvalue weighted by atomic mass is 10.0. The van der Waals surface area contributed by atoms with Gasteiger partial charge in [-0.25, -0.2) is 9.59 Å². The number of esters is 1. The Balaban J connectivity index is 1.65. The third kappa shape index (κ3) is 4.37. The topological polar surface area (TPSA) is 111 Å². The molecule has 0 saturated carbocycles. The maximum Gasteiger partial charge on any atom is 0.338 e. The number of rotatable bonds is 8. The predicted octanol–water partition coefficient (Wildman–Crippen LogP) is 3.58. The molecule has 0 fully saturated rings. The van der Waals surface area contributed by atoms with Crippen LogP contribution in [-0.2, 0) is 16.1 Å². The number of furan rings is 1. The summed E-state index contributed by atoms with van der Waals surface area (Å²) in [7, 11) is 0. The van der Waals surface area contributed by atoms with Crippen LogP contribution in [0, 0.1) is 0 Å². The van der Waals surface area contributed by atoms with Crippen molar-refractivity contribution in [3.63, 3.8) is 0 Å². The van der Waals surface area contributed by atoms with E-state index in [4.69, 9.17) is 9.15 Å². The minimum Gasteiger partial charge on any atom is -0.467 e. The second-order valence-corrected chi connectivity index (χ2v) is 8.37. The molecule has 9 nitrogen and oxygen atoms in total. The van der Waals surface area contributed by atoms with Gasteiger partial charge in [0.05, 0.1) is 23.3 Å². The van der Waals surface area contributed by atoms with E-state index in [1.807, 2.05) is 29.0 Å². The van der Waals surface area contributed by atoms with E-state index in [1.165, 1.54) is 18.0 Å². The summed E-state index contributed by atoms with van der Waals surface area (Å²) in [6, 6.07) is 6.23. The molecule has 4 rings (SSSR count). The number of thioether (sulfide) groups is 1. The highest BCUT2D eigenvalue weighted by molar-refractivity contribution is 7.99. The number of nitrogens with one attached hydrogen (secondary N) is 2. The number of aromatic nitrogens is 3. The van der Waals surface area contributed by atoms with Crippen LogP contribution in [0.4, 0.5) is 4.79 Å². The van der Waals surface area contributed by atoms with Crippen molar-refractivity contribution < 1.29 is 18.7 Å². The Kier molecular flexibility index (Phi) is 6.42. The van der Waals surface area contributed by atoms with E-state index < -0.39 is 18.0 Å². The highest BCUT2D eigenvalue weighted by Crippen LogP contribution is 2.32. The van der Waals surface area contributed by atoms with Crippen molar-refractivity contribution in [3.05, 3.63) is 52.9 Å². The van der Waals surface area contributed by atoms with Crippen molar-refractivity contribution >= 4 is 35.1 Å². The summed E-state index contributed by atoms with van der Waals surface area (Å²) < 4.78 is 12.7. The van der Waals surface area contributed by atoms with Gasteiger partial charge in [0.1, 0.15) is 11.8 Å². The number of thiophene rings is 1. The van der Waals surface area contributed by atoms with Crippen molar-refractivity contribution in [2.45, 2.75) is 31.6 Å². The molecule has 0 aromatic carbocycles. The molecule has 11 heteroatoms. The van der Waals surface area contributed by atoms with Crippen molar-refractivity contribution in [1.29, 1.82) is 0 Å². The predicted molar refractivity (Wildman–Crippen MR) is 117 cm³/mol. The van der Waals surface area contributed by atoms with Gasteiger partial charge in [-0.2, -0.15) is 0 Å². The van der Waals surface area contributed by atoms with Gasteiger partial charge in [-0.3, -0.25) is 0 Å². The van der Waals surface area contributed by atoms with Crippen LogP contribution >= 0.6 is 23.1 Å². The fourth-order valence-corrected chi connectivity index (χ4v) is 4.94. The summed E-state index contributed by atoms with van der Waals surface area (Å²) >= 11 is 2.99. The molecule has 1 aliphatic rings. The van der Waals surface area contributed by atoms with E-state index in [0.717, 1.165) is 10.7 Å². The minimum absolute atomic E-state index is 0.218. The Labute approximate surface area is 186 Å². The van der Waals surface area contributed by atoms with Gasteiger partial charge in [-0.15, -0.1) is 21.5 Å². The van der Waals surface area contributed by atoms with Gasteiger partial charge in [-0.1, -0.05) is 17.8 Å². The third-order valence-corrected chi connectivity index (χ3v) is 6.46. The van der Waals surface area contributed by atoms with Gasteiger partial charge < -0.3 is 24.4 Å². The molecule has 2 N–H and O–H groups in total. The van der Waals surface area contributed by atoms with E-state index in [-0.39, 0.29) is 6.61 Å². The Hall–Kier alpha value is -3.05. The fraction of sp³-hybridized carbons (Fsp3) is 0.300. The van der Waals surface area contributed by atoms with Crippen LogP contribution in [0.1, 0.15) is 25.6 Å². The zero-order chi connectivity index (χ0) is 21.8. The second-order valence-electron chi connectivity index (χ2n) is 6.48. The zero-order valence-electron chi connectivity index (χ0n) is 17.0. The summed E-state index contributed by atoms with van der Waals surface area (Å²) in [4.78, 5) is 26.1. The van der Waals surface area contributed by atoms with Gasteiger partial charge in [0.15, 0.2) is 11.0 Å². The zero-order valence-corrected chi connectivity index (χ0v) is 18.6. The molecule has 0 spiro atoms. The summed E-state index contributed by atoms with van der Waals surface area (Å²) in [5, 5.41) is 16.8. The van der Waals surface area contributed by atoms with Crippen LogP contribution in [0.25, 0.3) is 10.7 Å². The monoisotopic (exact) mass is 459 g/mol. The first kappa shape index (κ1) is 21.2. The number of urea groups is 1. The van der Waals surface area contributed by atoms with E-state index in [1.54, 1.807) is 30.4 Å². The molecule has 31 heavy (non-hydrogen) atoms. The van der Waals surface area contributed by atoms with Gasteiger partial charge in [0, 0.05) is 18.0 Å². The lowest BCUT2D eigenvalue weighted by molar-refractivity contribution is -0.139. The minimum atomic E-state index is -0.732. The van der Waals surface area contributed by atoms with Crippen molar-refractivity contribution in [2.75, 3.05) is 12.4 Å². The molecule has 3 aromatic heterocycles. The molecule has 0 saturated heterocycles. The van der Waals surface area contributed by atoms with Crippen molar-refractivity contribution in [1.82, 2.24) is 25.4 Å². The number of amides is 2. The van der Waals surface area contributed by atoms with E-state index in [0.29, 0.717) is 34.5 Å². The highest BCUT2D eigenvalue weighted by Gasteiger charge is 2.35. The molecule has 1 unspecified atom stereocenters. The normalized spacial score (nSPS) is 16.2. The molecule has 3 aromatic rings. The summed E-state index contributed by atoms with van der Waals surface area (Å²) in [6.45, 7) is 4.66. The number of ether oxygens (including phenoxy) is 1. The molecule has 0 bridgehead atoms. The number of carbonyl (C=O) groups is 2. The maximum atomic E-state index is 12.8. The fourth-order valence-electron chi connectivity index (χ4n) is 3.26. The summed E-state index contributed by atoms with van der Waals surface area (Å²) in [6.07, 6.45) is 1.50. The first-order chi connectivity index (χ1) is 15.1. The molecule has 4 heterocycles. The van der Waals surface area contributed by atoms with Gasteiger partial charge in [0.25, 0.3) is 0 Å².